The maximum atomic E-state index is 13.9. The Bertz CT molecular complexity index is 501. The third-order valence-electron chi connectivity index (χ3n) is 3.32. The number of rotatable bonds is 3. The van der Waals surface area contributed by atoms with Gasteiger partial charge in [0.25, 0.3) is 0 Å². The molecule has 1 aliphatic carbocycles. The van der Waals surface area contributed by atoms with Gasteiger partial charge in [-0.2, -0.15) is 0 Å². The molecule has 2 rings (SSSR count). The summed E-state index contributed by atoms with van der Waals surface area (Å²) in [5.41, 5.74) is 5.09. The van der Waals surface area contributed by atoms with Crippen LogP contribution in [0, 0.1) is 11.2 Å². The van der Waals surface area contributed by atoms with E-state index in [0.717, 1.165) is 12.8 Å². The zero-order valence-electron chi connectivity index (χ0n) is 11.6. The molecule has 0 amide bonds. The molecule has 1 fully saturated rings. The van der Waals surface area contributed by atoms with Crippen LogP contribution in [0.3, 0.4) is 0 Å². The van der Waals surface area contributed by atoms with Gasteiger partial charge < -0.3 is 10.5 Å². The summed E-state index contributed by atoms with van der Waals surface area (Å²) in [5, 5.41) is 0. The van der Waals surface area contributed by atoms with Gasteiger partial charge in [-0.1, -0.05) is 12.1 Å². The van der Waals surface area contributed by atoms with Crippen LogP contribution in [-0.2, 0) is 16.0 Å². The summed E-state index contributed by atoms with van der Waals surface area (Å²) < 4.78 is 19.3. The third-order valence-corrected chi connectivity index (χ3v) is 3.32. The fourth-order valence-electron chi connectivity index (χ4n) is 2.09. The highest BCUT2D eigenvalue weighted by Crippen LogP contribution is 2.50. The minimum atomic E-state index is -0.554. The fourth-order valence-corrected chi connectivity index (χ4v) is 2.09. The molecule has 1 aromatic carbocycles. The Morgan fingerprint density at radius 1 is 1.42 bits per heavy atom. The van der Waals surface area contributed by atoms with Gasteiger partial charge in [0.05, 0.1) is 11.1 Å². The second-order valence-corrected chi connectivity index (χ2v) is 6.28. The van der Waals surface area contributed by atoms with Crippen molar-refractivity contribution >= 4 is 11.7 Å². The van der Waals surface area contributed by atoms with E-state index in [-0.39, 0.29) is 11.7 Å². The Morgan fingerprint density at radius 3 is 2.58 bits per heavy atom. The number of ether oxygens (including phenoxy) is 1. The number of anilines is 1. The van der Waals surface area contributed by atoms with Gasteiger partial charge in [-0.05, 0) is 51.7 Å². The topological polar surface area (TPSA) is 52.3 Å². The average Bonchev–Trinajstić information content (AvgIpc) is 3.04. The molecule has 0 heterocycles. The fraction of sp³-hybridized carbons (Fsp3) is 0.533. The van der Waals surface area contributed by atoms with Gasteiger partial charge in [-0.15, -0.1) is 0 Å². The molecule has 2 N–H and O–H groups in total. The summed E-state index contributed by atoms with van der Waals surface area (Å²) >= 11 is 0. The lowest BCUT2D eigenvalue weighted by atomic mass is 9.95. The van der Waals surface area contributed by atoms with Gasteiger partial charge >= 0.3 is 5.97 Å². The van der Waals surface area contributed by atoms with Crippen molar-refractivity contribution in [3.63, 3.8) is 0 Å². The molecule has 0 bridgehead atoms. The van der Waals surface area contributed by atoms with Gasteiger partial charge in [-0.3, -0.25) is 4.79 Å². The van der Waals surface area contributed by atoms with E-state index in [9.17, 15) is 9.18 Å². The number of nitrogen functional groups attached to an aromatic ring is 1. The first-order chi connectivity index (χ1) is 8.73. The quantitative estimate of drug-likeness (QED) is 0.675. The Kier molecular flexibility index (Phi) is 3.29. The first-order valence-electron chi connectivity index (χ1n) is 6.50. The highest BCUT2D eigenvalue weighted by molar-refractivity contribution is 5.80. The minimum absolute atomic E-state index is 0.123. The zero-order chi connectivity index (χ0) is 14.3. The van der Waals surface area contributed by atoms with Crippen LogP contribution in [0.4, 0.5) is 10.1 Å². The number of nitrogens with two attached hydrogens (primary N) is 1. The van der Waals surface area contributed by atoms with Crippen LogP contribution in [0.25, 0.3) is 0 Å². The van der Waals surface area contributed by atoms with Crippen molar-refractivity contribution in [1.29, 1.82) is 0 Å². The van der Waals surface area contributed by atoms with Crippen LogP contribution in [0.15, 0.2) is 18.2 Å². The van der Waals surface area contributed by atoms with Crippen LogP contribution in [0.5, 0.6) is 0 Å². The number of halogens is 1. The van der Waals surface area contributed by atoms with Gasteiger partial charge in [0.2, 0.25) is 0 Å². The maximum Gasteiger partial charge on any atom is 0.312 e. The molecule has 1 aromatic rings. The molecule has 0 atom stereocenters. The third kappa shape index (κ3) is 3.06. The second-order valence-electron chi connectivity index (χ2n) is 6.28. The Balaban J connectivity index is 2.14. The number of carbonyl (C=O) groups is 1. The first-order valence-corrected chi connectivity index (χ1v) is 6.50. The molecule has 0 aliphatic heterocycles. The highest BCUT2D eigenvalue weighted by atomic mass is 19.1. The van der Waals surface area contributed by atoms with Crippen molar-refractivity contribution in [1.82, 2.24) is 0 Å². The summed E-state index contributed by atoms with van der Waals surface area (Å²) in [7, 11) is 0. The molecular weight excluding hydrogens is 245 g/mol. The molecule has 1 saturated carbocycles. The van der Waals surface area contributed by atoms with Crippen LogP contribution < -0.4 is 5.73 Å². The second kappa shape index (κ2) is 4.51. The van der Waals surface area contributed by atoms with E-state index in [1.54, 1.807) is 12.1 Å². The molecule has 19 heavy (non-hydrogen) atoms. The van der Waals surface area contributed by atoms with E-state index in [2.05, 4.69) is 0 Å². The molecule has 4 heteroatoms. The van der Waals surface area contributed by atoms with E-state index in [1.165, 1.54) is 6.07 Å². The summed E-state index contributed by atoms with van der Waals surface area (Å²) in [4.78, 5) is 12.2. The van der Waals surface area contributed by atoms with Gasteiger partial charge in [0, 0.05) is 0 Å². The molecule has 0 unspecified atom stereocenters. The van der Waals surface area contributed by atoms with E-state index in [0.29, 0.717) is 12.0 Å². The molecule has 104 valence electrons. The maximum absolute atomic E-state index is 13.9. The predicted molar refractivity (Wildman–Crippen MR) is 72.0 cm³/mol. The summed E-state index contributed by atoms with van der Waals surface area (Å²) in [6, 6.07) is 4.90. The number of benzene rings is 1. The lowest BCUT2D eigenvalue weighted by Gasteiger charge is -2.24. The lowest BCUT2D eigenvalue weighted by Crippen LogP contribution is -2.31. The largest absolute Gasteiger partial charge is 0.460 e. The number of carbonyl (C=O) groups excluding carboxylic acids is 1. The SMILES string of the molecule is CC(C)(C)OC(=O)C1(Cc2cccc(N)c2F)CC1. The highest BCUT2D eigenvalue weighted by Gasteiger charge is 2.52. The predicted octanol–water partition coefficient (Wildman–Crippen LogP) is 3.07. The molecule has 3 nitrogen and oxygen atoms in total. The number of esters is 1. The van der Waals surface area contributed by atoms with Crippen LogP contribution >= 0.6 is 0 Å². The first kappa shape index (κ1) is 13.8. The Morgan fingerprint density at radius 2 is 2.05 bits per heavy atom. The zero-order valence-corrected chi connectivity index (χ0v) is 11.6. The van der Waals surface area contributed by atoms with Gasteiger partial charge in [0.1, 0.15) is 11.4 Å². The molecule has 0 aromatic heterocycles. The Labute approximate surface area is 112 Å². The molecular formula is C15H20FNO2. The average molecular weight is 265 g/mol. The lowest BCUT2D eigenvalue weighted by molar-refractivity contribution is -0.161. The molecule has 0 spiro atoms. The van der Waals surface area contributed by atoms with Crippen LogP contribution in [0.2, 0.25) is 0 Å². The number of hydrogen-bond donors (Lipinski definition) is 1. The number of hydrogen-bond acceptors (Lipinski definition) is 3. The monoisotopic (exact) mass is 265 g/mol. The minimum Gasteiger partial charge on any atom is -0.460 e. The van der Waals surface area contributed by atoms with Crippen molar-refractivity contribution in [3.8, 4) is 0 Å². The van der Waals surface area contributed by atoms with Crippen molar-refractivity contribution in [2.75, 3.05) is 5.73 Å². The van der Waals surface area contributed by atoms with Gasteiger partial charge in [0.15, 0.2) is 0 Å². The van der Waals surface area contributed by atoms with Crippen molar-refractivity contribution in [2.45, 2.75) is 45.6 Å². The smallest absolute Gasteiger partial charge is 0.312 e. The van der Waals surface area contributed by atoms with Gasteiger partial charge in [-0.25, -0.2) is 4.39 Å². The van der Waals surface area contributed by atoms with Crippen LogP contribution in [-0.4, -0.2) is 11.6 Å². The molecule has 0 saturated heterocycles. The van der Waals surface area contributed by atoms with Crippen molar-refractivity contribution in [2.24, 2.45) is 5.41 Å². The molecule has 1 aliphatic rings. The summed E-state index contributed by atoms with van der Waals surface area (Å²) in [6.07, 6.45) is 1.85. The normalized spacial score (nSPS) is 17.1. The Hall–Kier alpha value is -1.58. The summed E-state index contributed by atoms with van der Waals surface area (Å²) in [6.45, 7) is 5.51. The summed E-state index contributed by atoms with van der Waals surface area (Å²) in [5.74, 6) is -0.654. The standard InChI is InChI=1S/C15H20FNO2/c1-14(2,3)19-13(18)15(7-8-15)9-10-5-4-6-11(17)12(10)16/h4-6H,7-9,17H2,1-3H3. The van der Waals surface area contributed by atoms with Crippen molar-refractivity contribution < 1.29 is 13.9 Å². The van der Waals surface area contributed by atoms with Crippen molar-refractivity contribution in [3.05, 3.63) is 29.6 Å². The van der Waals surface area contributed by atoms with Crippen LogP contribution in [0.1, 0.15) is 39.2 Å². The van der Waals surface area contributed by atoms with E-state index >= 15 is 0 Å². The van der Waals surface area contributed by atoms with E-state index in [1.807, 2.05) is 20.8 Å². The molecule has 0 radical (unpaired) electrons. The van der Waals surface area contributed by atoms with E-state index < -0.39 is 16.8 Å². The van der Waals surface area contributed by atoms with E-state index in [4.69, 9.17) is 10.5 Å².